The van der Waals surface area contributed by atoms with E-state index in [0.717, 1.165) is 16.9 Å². The predicted molar refractivity (Wildman–Crippen MR) is 77.3 cm³/mol. The van der Waals surface area contributed by atoms with Gasteiger partial charge in [-0.05, 0) is 11.8 Å². The van der Waals surface area contributed by atoms with Crippen LogP contribution in [-0.2, 0) is 20.1 Å². The Labute approximate surface area is 132 Å². The van der Waals surface area contributed by atoms with Crippen molar-refractivity contribution in [2.75, 3.05) is 0 Å². The van der Waals surface area contributed by atoms with Crippen LogP contribution in [0, 0.1) is 19.9 Å². The first-order valence-corrected chi connectivity index (χ1v) is 6.34. The van der Waals surface area contributed by atoms with E-state index in [1.54, 1.807) is 0 Å². The van der Waals surface area contributed by atoms with Crippen LogP contribution in [0.25, 0.3) is 16.9 Å². The van der Waals surface area contributed by atoms with Crippen LogP contribution in [0.3, 0.4) is 0 Å². The monoisotopic (exact) mass is 440 g/mol. The molecule has 2 aromatic carbocycles. The van der Waals surface area contributed by atoms with Gasteiger partial charge in [0.2, 0.25) is 0 Å². The molecule has 0 N–H and O–H groups in total. The van der Waals surface area contributed by atoms with Gasteiger partial charge in [-0.1, -0.05) is 44.2 Å². The van der Waals surface area contributed by atoms with Crippen molar-refractivity contribution >= 4 is 0 Å². The Morgan fingerprint density at radius 1 is 1.05 bits per heavy atom. The molecule has 0 spiro atoms. The maximum Gasteiger partial charge on any atom is 0.0716 e. The zero-order valence-electron chi connectivity index (χ0n) is 11.4. The van der Waals surface area contributed by atoms with E-state index in [0.29, 0.717) is 0 Å². The molecule has 0 saturated carbocycles. The molecule has 1 heterocycles. The maximum absolute atomic E-state index is 4.44. The van der Waals surface area contributed by atoms with Crippen molar-refractivity contribution in [3.05, 3.63) is 71.9 Å². The van der Waals surface area contributed by atoms with Crippen molar-refractivity contribution in [1.82, 2.24) is 9.78 Å². The van der Waals surface area contributed by atoms with Gasteiger partial charge in [-0.3, -0.25) is 4.68 Å². The van der Waals surface area contributed by atoms with Crippen LogP contribution in [0.5, 0.6) is 0 Å². The molecule has 0 aliphatic rings. The van der Waals surface area contributed by atoms with Crippen LogP contribution in [0.2, 0.25) is 0 Å². The number of hydrogen-bond donors (Lipinski definition) is 0. The quantitative estimate of drug-likeness (QED) is 0.553. The smallest absolute Gasteiger partial charge is 0.0716 e. The molecule has 0 atom stereocenters. The Morgan fingerprint density at radius 3 is 2.50 bits per heavy atom. The summed E-state index contributed by atoms with van der Waals surface area (Å²) in [6.45, 7) is 4.17. The van der Waals surface area contributed by atoms with E-state index in [2.05, 4.69) is 43.2 Å². The predicted octanol–water partition coefficient (Wildman–Crippen LogP) is 3.95. The van der Waals surface area contributed by atoms with Crippen LogP contribution in [-0.4, -0.2) is 9.78 Å². The second-order valence-electron chi connectivity index (χ2n) is 4.70. The summed E-state index contributed by atoms with van der Waals surface area (Å²) in [6, 6.07) is 19.8. The van der Waals surface area contributed by atoms with Crippen molar-refractivity contribution in [3.8, 4) is 16.9 Å². The Hall–Kier alpha value is -1.70. The van der Waals surface area contributed by atoms with Crippen LogP contribution in [0.15, 0.2) is 54.7 Å². The molecule has 1 aromatic heterocycles. The van der Waals surface area contributed by atoms with Crippen molar-refractivity contribution < 1.29 is 20.1 Å². The van der Waals surface area contributed by atoms with E-state index in [1.807, 2.05) is 41.2 Å². The molecule has 103 valence electrons. The second-order valence-corrected chi connectivity index (χ2v) is 4.70. The summed E-state index contributed by atoms with van der Waals surface area (Å²) in [5.41, 5.74) is 5.65. The number of rotatable bonds is 2. The van der Waals surface area contributed by atoms with Gasteiger partial charge in [-0.25, -0.2) is 0 Å². The molecule has 3 rings (SSSR count). The van der Waals surface area contributed by atoms with Crippen molar-refractivity contribution in [1.29, 1.82) is 0 Å². The van der Waals surface area contributed by atoms with E-state index < -0.39 is 0 Å². The molecular weight excluding hydrogens is 424 g/mol. The first-order valence-electron chi connectivity index (χ1n) is 6.34. The summed E-state index contributed by atoms with van der Waals surface area (Å²) >= 11 is 0. The van der Waals surface area contributed by atoms with Crippen molar-refractivity contribution in [3.63, 3.8) is 0 Å². The topological polar surface area (TPSA) is 17.8 Å². The summed E-state index contributed by atoms with van der Waals surface area (Å²) in [5.74, 6) is 0. The number of benzene rings is 2. The SMILES string of the molecule is Cc1c[c-]c(-n2nccc2-c2ccccc2)c(C)c1.[Ir]. The largest absolute Gasteiger partial charge is 0.258 e. The number of aryl methyl sites for hydroxylation is 2. The second kappa shape index (κ2) is 6.17. The molecule has 0 fully saturated rings. The molecule has 20 heavy (non-hydrogen) atoms. The molecule has 0 amide bonds. The number of aromatic nitrogens is 2. The molecular formula is C17H15IrN2-. The Morgan fingerprint density at radius 2 is 1.80 bits per heavy atom. The van der Waals surface area contributed by atoms with Gasteiger partial charge >= 0.3 is 0 Å². The van der Waals surface area contributed by atoms with Gasteiger partial charge in [-0.2, -0.15) is 28.9 Å². The van der Waals surface area contributed by atoms with Crippen molar-refractivity contribution in [2.24, 2.45) is 0 Å². The molecule has 2 nitrogen and oxygen atoms in total. The van der Waals surface area contributed by atoms with Gasteiger partial charge in [0.1, 0.15) is 0 Å². The minimum Gasteiger partial charge on any atom is -0.258 e. The van der Waals surface area contributed by atoms with Gasteiger partial charge < -0.3 is 0 Å². The number of nitrogens with zero attached hydrogens (tertiary/aromatic N) is 2. The molecule has 3 heteroatoms. The van der Waals surface area contributed by atoms with E-state index in [1.165, 1.54) is 11.1 Å². The summed E-state index contributed by atoms with van der Waals surface area (Å²) < 4.78 is 1.95. The van der Waals surface area contributed by atoms with Crippen molar-refractivity contribution in [2.45, 2.75) is 13.8 Å². The fraction of sp³-hybridized carbons (Fsp3) is 0.118. The molecule has 0 bridgehead atoms. The zero-order valence-corrected chi connectivity index (χ0v) is 13.8. The average molecular weight is 440 g/mol. The fourth-order valence-electron chi connectivity index (χ4n) is 2.28. The molecule has 0 saturated heterocycles. The molecule has 0 aliphatic carbocycles. The minimum atomic E-state index is 0. The molecule has 0 unspecified atom stereocenters. The van der Waals surface area contributed by atoms with Crippen LogP contribution >= 0.6 is 0 Å². The number of hydrogen-bond acceptors (Lipinski definition) is 1. The van der Waals surface area contributed by atoms with E-state index in [4.69, 9.17) is 0 Å². The Kier molecular flexibility index (Phi) is 4.53. The average Bonchev–Trinajstić information content (AvgIpc) is 2.89. The summed E-state index contributed by atoms with van der Waals surface area (Å²) in [6.07, 6.45) is 1.83. The normalized spacial score (nSPS) is 10.1. The van der Waals surface area contributed by atoms with Gasteiger partial charge in [0, 0.05) is 31.9 Å². The summed E-state index contributed by atoms with van der Waals surface area (Å²) in [5, 5.41) is 4.44. The maximum atomic E-state index is 4.44. The Balaban J connectivity index is 0.00000147. The first-order chi connectivity index (χ1) is 9.25. The van der Waals surface area contributed by atoms with E-state index in [9.17, 15) is 0 Å². The van der Waals surface area contributed by atoms with Gasteiger partial charge in [0.15, 0.2) is 0 Å². The van der Waals surface area contributed by atoms with Gasteiger partial charge in [0.25, 0.3) is 0 Å². The first kappa shape index (κ1) is 14.7. The summed E-state index contributed by atoms with van der Waals surface area (Å²) in [7, 11) is 0. The van der Waals surface area contributed by atoms with Crippen LogP contribution in [0.1, 0.15) is 11.1 Å². The summed E-state index contributed by atoms with van der Waals surface area (Å²) in [4.78, 5) is 0. The standard InChI is InChI=1S/C17H15N2.Ir/c1-13-8-9-16(14(2)12-13)19-17(10-11-18-19)15-6-4-3-5-7-15;/h3-8,10-12H,1-2H3;/q-1;. The third-order valence-electron chi connectivity index (χ3n) is 3.18. The van der Waals surface area contributed by atoms with E-state index in [-0.39, 0.29) is 20.1 Å². The van der Waals surface area contributed by atoms with Crippen LogP contribution in [0.4, 0.5) is 0 Å². The fourth-order valence-corrected chi connectivity index (χ4v) is 2.28. The third kappa shape index (κ3) is 2.74. The molecule has 0 aliphatic heterocycles. The third-order valence-corrected chi connectivity index (χ3v) is 3.18. The van der Waals surface area contributed by atoms with Gasteiger partial charge in [0.05, 0.1) is 5.69 Å². The van der Waals surface area contributed by atoms with Crippen LogP contribution < -0.4 is 0 Å². The van der Waals surface area contributed by atoms with E-state index >= 15 is 0 Å². The minimum absolute atomic E-state index is 0. The zero-order chi connectivity index (χ0) is 13.2. The van der Waals surface area contributed by atoms with Gasteiger partial charge in [-0.15, -0.1) is 5.56 Å². The molecule has 3 aromatic rings. The molecule has 1 radical (unpaired) electrons. The Bertz CT molecular complexity index is 702.